The molecule has 1 saturated heterocycles. The second-order valence-electron chi connectivity index (χ2n) is 5.71. The van der Waals surface area contributed by atoms with Gasteiger partial charge in [-0.15, -0.1) is 5.10 Å². The van der Waals surface area contributed by atoms with Gasteiger partial charge in [0.1, 0.15) is 6.54 Å². The van der Waals surface area contributed by atoms with Gasteiger partial charge in [0.15, 0.2) is 5.69 Å². The van der Waals surface area contributed by atoms with Gasteiger partial charge in [-0.05, 0) is 13.8 Å². The fraction of sp³-hybridized carbons (Fsp3) is 0.733. The predicted molar refractivity (Wildman–Crippen MR) is 89.6 cm³/mol. The van der Waals surface area contributed by atoms with E-state index >= 15 is 0 Å². The monoisotopic (exact) mass is 337 g/mol. The molecular formula is C15H27N7O2. The van der Waals surface area contributed by atoms with Crippen LogP contribution in [0.1, 0.15) is 24.3 Å². The molecule has 0 aromatic carbocycles. The van der Waals surface area contributed by atoms with Crippen LogP contribution < -0.4 is 10.6 Å². The number of carbonyl (C=O) groups excluding carboxylic acids is 2. The normalized spacial score (nSPS) is 15.2. The maximum atomic E-state index is 12.1. The van der Waals surface area contributed by atoms with Gasteiger partial charge >= 0.3 is 0 Å². The Morgan fingerprint density at radius 2 is 2.00 bits per heavy atom. The SMILES string of the molecule is CCN(CC)C(=O)Cn1cc(C(=O)NCCN2CCNCC2)nn1. The molecule has 2 heterocycles. The first-order valence-corrected chi connectivity index (χ1v) is 8.53. The minimum atomic E-state index is -0.258. The molecule has 0 spiro atoms. The van der Waals surface area contributed by atoms with Gasteiger partial charge in [-0.2, -0.15) is 0 Å². The largest absolute Gasteiger partial charge is 0.349 e. The first-order valence-electron chi connectivity index (χ1n) is 8.53. The molecule has 9 heteroatoms. The van der Waals surface area contributed by atoms with E-state index in [9.17, 15) is 9.59 Å². The minimum Gasteiger partial charge on any atom is -0.349 e. The van der Waals surface area contributed by atoms with Crippen molar-refractivity contribution in [3.63, 3.8) is 0 Å². The van der Waals surface area contributed by atoms with Crippen molar-refractivity contribution in [3.8, 4) is 0 Å². The third-order valence-corrected chi connectivity index (χ3v) is 4.11. The van der Waals surface area contributed by atoms with Crippen LogP contribution in [0.3, 0.4) is 0 Å². The third kappa shape index (κ3) is 5.27. The molecule has 1 aliphatic heterocycles. The van der Waals surface area contributed by atoms with Crippen LogP contribution in [0.4, 0.5) is 0 Å². The van der Waals surface area contributed by atoms with Crippen LogP contribution in [-0.4, -0.2) is 89.0 Å². The van der Waals surface area contributed by atoms with Gasteiger partial charge in [-0.1, -0.05) is 5.21 Å². The molecule has 134 valence electrons. The molecule has 1 aromatic heterocycles. The summed E-state index contributed by atoms with van der Waals surface area (Å²) in [5.41, 5.74) is 0.239. The highest BCUT2D eigenvalue weighted by molar-refractivity contribution is 5.91. The molecule has 1 aliphatic rings. The van der Waals surface area contributed by atoms with E-state index in [-0.39, 0.29) is 24.1 Å². The lowest BCUT2D eigenvalue weighted by atomic mass is 10.3. The van der Waals surface area contributed by atoms with Crippen molar-refractivity contribution in [2.45, 2.75) is 20.4 Å². The summed E-state index contributed by atoms with van der Waals surface area (Å²) in [6, 6.07) is 0. The molecule has 2 N–H and O–H groups in total. The lowest BCUT2D eigenvalue weighted by Gasteiger charge is -2.26. The van der Waals surface area contributed by atoms with Crippen molar-refractivity contribution in [1.29, 1.82) is 0 Å². The summed E-state index contributed by atoms with van der Waals surface area (Å²) < 4.78 is 1.41. The van der Waals surface area contributed by atoms with E-state index in [0.717, 1.165) is 32.7 Å². The van der Waals surface area contributed by atoms with Crippen molar-refractivity contribution in [1.82, 2.24) is 35.4 Å². The number of carbonyl (C=O) groups is 2. The zero-order valence-electron chi connectivity index (χ0n) is 14.5. The second-order valence-corrected chi connectivity index (χ2v) is 5.71. The Balaban J connectivity index is 1.76. The smallest absolute Gasteiger partial charge is 0.273 e. The Kier molecular flexibility index (Phi) is 7.13. The van der Waals surface area contributed by atoms with Crippen LogP contribution in [-0.2, 0) is 11.3 Å². The predicted octanol–water partition coefficient (Wildman–Crippen LogP) is -1.22. The molecule has 0 unspecified atom stereocenters. The van der Waals surface area contributed by atoms with E-state index in [1.807, 2.05) is 13.8 Å². The summed E-state index contributed by atoms with van der Waals surface area (Å²) >= 11 is 0. The first-order chi connectivity index (χ1) is 11.6. The van der Waals surface area contributed by atoms with Crippen LogP contribution in [0.25, 0.3) is 0 Å². The highest BCUT2D eigenvalue weighted by Crippen LogP contribution is 1.97. The number of piperazine rings is 1. The van der Waals surface area contributed by atoms with Crippen molar-refractivity contribution in [2.24, 2.45) is 0 Å². The number of rotatable bonds is 8. The van der Waals surface area contributed by atoms with Crippen molar-refractivity contribution < 1.29 is 9.59 Å². The highest BCUT2D eigenvalue weighted by atomic mass is 16.2. The Morgan fingerprint density at radius 3 is 2.67 bits per heavy atom. The van der Waals surface area contributed by atoms with Gasteiger partial charge in [0.05, 0.1) is 6.20 Å². The van der Waals surface area contributed by atoms with Gasteiger partial charge in [0.2, 0.25) is 5.91 Å². The van der Waals surface area contributed by atoms with Crippen LogP contribution >= 0.6 is 0 Å². The van der Waals surface area contributed by atoms with Crippen LogP contribution in [0.5, 0.6) is 0 Å². The van der Waals surface area contributed by atoms with Gasteiger partial charge in [0.25, 0.3) is 5.91 Å². The number of aromatic nitrogens is 3. The molecule has 1 fully saturated rings. The van der Waals surface area contributed by atoms with E-state index in [4.69, 9.17) is 0 Å². The molecule has 0 atom stereocenters. The van der Waals surface area contributed by atoms with Gasteiger partial charge in [0, 0.05) is 52.4 Å². The van der Waals surface area contributed by atoms with Crippen molar-refractivity contribution >= 4 is 11.8 Å². The fourth-order valence-corrected chi connectivity index (χ4v) is 2.65. The lowest BCUT2D eigenvalue weighted by Crippen LogP contribution is -2.46. The molecule has 0 radical (unpaired) electrons. The molecule has 9 nitrogen and oxygen atoms in total. The zero-order valence-corrected chi connectivity index (χ0v) is 14.5. The summed E-state index contributed by atoms with van der Waals surface area (Å²) in [4.78, 5) is 28.1. The summed E-state index contributed by atoms with van der Waals surface area (Å²) in [6.07, 6.45) is 1.52. The number of hydrogen-bond acceptors (Lipinski definition) is 6. The van der Waals surface area contributed by atoms with E-state index < -0.39 is 0 Å². The Bertz CT molecular complexity index is 536. The molecule has 2 amide bonds. The summed E-state index contributed by atoms with van der Waals surface area (Å²) in [7, 11) is 0. The van der Waals surface area contributed by atoms with Gasteiger partial charge in [-0.3, -0.25) is 14.5 Å². The van der Waals surface area contributed by atoms with E-state index in [0.29, 0.717) is 19.6 Å². The molecule has 0 bridgehead atoms. The van der Waals surface area contributed by atoms with Gasteiger partial charge < -0.3 is 15.5 Å². The minimum absolute atomic E-state index is 0.0319. The third-order valence-electron chi connectivity index (χ3n) is 4.11. The molecule has 1 aromatic rings. The van der Waals surface area contributed by atoms with Crippen LogP contribution in [0.15, 0.2) is 6.20 Å². The molecule has 0 aliphatic carbocycles. The van der Waals surface area contributed by atoms with E-state index in [1.54, 1.807) is 4.90 Å². The van der Waals surface area contributed by atoms with E-state index in [2.05, 4.69) is 25.8 Å². The molecule has 2 rings (SSSR count). The average Bonchev–Trinajstić information content (AvgIpc) is 3.05. The van der Waals surface area contributed by atoms with E-state index in [1.165, 1.54) is 10.9 Å². The summed E-state index contributed by atoms with van der Waals surface area (Å²) in [5.74, 6) is -0.290. The standard InChI is InChI=1S/C15H27N7O2/c1-3-21(4-2)14(23)12-22-11-13(18-19-22)15(24)17-7-10-20-8-5-16-6-9-20/h11,16H,3-10,12H2,1-2H3,(H,17,24). The second kappa shape index (κ2) is 9.33. The maximum absolute atomic E-state index is 12.1. The topological polar surface area (TPSA) is 95.4 Å². The summed E-state index contributed by atoms with van der Waals surface area (Å²) in [6.45, 7) is 10.6. The fourth-order valence-electron chi connectivity index (χ4n) is 2.65. The summed E-state index contributed by atoms with van der Waals surface area (Å²) in [5, 5.41) is 13.9. The number of likely N-dealkylation sites (N-methyl/N-ethyl adjacent to an activating group) is 1. The quantitative estimate of drug-likeness (QED) is 0.617. The average molecular weight is 337 g/mol. The Labute approximate surface area is 142 Å². The number of nitrogens with one attached hydrogen (secondary N) is 2. The number of hydrogen-bond donors (Lipinski definition) is 2. The molecule has 0 saturated carbocycles. The van der Waals surface area contributed by atoms with Crippen molar-refractivity contribution in [3.05, 3.63) is 11.9 Å². The Hall–Kier alpha value is -2.00. The first kappa shape index (κ1) is 18.3. The highest BCUT2D eigenvalue weighted by Gasteiger charge is 2.15. The number of nitrogens with zero attached hydrogens (tertiary/aromatic N) is 5. The Morgan fingerprint density at radius 1 is 1.29 bits per heavy atom. The van der Waals surface area contributed by atoms with Crippen molar-refractivity contribution in [2.75, 3.05) is 52.4 Å². The lowest BCUT2D eigenvalue weighted by molar-refractivity contribution is -0.131. The molecule has 24 heavy (non-hydrogen) atoms. The molecular weight excluding hydrogens is 310 g/mol. The van der Waals surface area contributed by atoms with Crippen LogP contribution in [0, 0.1) is 0 Å². The maximum Gasteiger partial charge on any atom is 0.273 e. The van der Waals surface area contributed by atoms with Crippen LogP contribution in [0.2, 0.25) is 0 Å². The zero-order chi connectivity index (χ0) is 17.4. The van der Waals surface area contributed by atoms with Gasteiger partial charge in [-0.25, -0.2) is 4.68 Å². The number of amides is 2.